The molecule has 0 radical (unpaired) electrons. The second kappa shape index (κ2) is 9.67. The van der Waals surface area contributed by atoms with Crippen molar-refractivity contribution < 1.29 is 23.4 Å². The molecule has 2 rings (SSSR count). The molecule has 0 heterocycles. The van der Waals surface area contributed by atoms with Gasteiger partial charge in [0, 0.05) is 16.5 Å². The molecule has 2 aromatic rings. The van der Waals surface area contributed by atoms with E-state index in [4.69, 9.17) is 14.2 Å². The highest BCUT2D eigenvalue weighted by Crippen LogP contribution is 2.33. The molecule has 0 atom stereocenters. The SMILES string of the molecule is COc1cc(OC)c(OC)cc1C=NNC(=O)CSc1ccccc1F. The summed E-state index contributed by atoms with van der Waals surface area (Å²) >= 11 is 1.10. The third kappa shape index (κ3) is 5.13. The first-order valence-corrected chi connectivity index (χ1v) is 8.56. The summed E-state index contributed by atoms with van der Waals surface area (Å²) in [6.07, 6.45) is 1.44. The predicted octanol–water partition coefficient (Wildman–Crippen LogP) is 3.09. The largest absolute Gasteiger partial charge is 0.496 e. The van der Waals surface area contributed by atoms with E-state index in [-0.39, 0.29) is 17.5 Å². The van der Waals surface area contributed by atoms with Gasteiger partial charge in [-0.1, -0.05) is 12.1 Å². The van der Waals surface area contributed by atoms with Crippen LogP contribution in [0.1, 0.15) is 5.56 Å². The van der Waals surface area contributed by atoms with Crippen molar-refractivity contribution in [1.29, 1.82) is 0 Å². The molecule has 8 heteroatoms. The lowest BCUT2D eigenvalue weighted by molar-refractivity contribution is -0.118. The van der Waals surface area contributed by atoms with Gasteiger partial charge >= 0.3 is 0 Å². The van der Waals surface area contributed by atoms with E-state index < -0.39 is 0 Å². The maximum absolute atomic E-state index is 13.5. The predicted molar refractivity (Wildman–Crippen MR) is 99.0 cm³/mol. The van der Waals surface area contributed by atoms with Crippen LogP contribution in [-0.2, 0) is 4.79 Å². The summed E-state index contributed by atoms with van der Waals surface area (Å²) in [7, 11) is 4.56. The Kier molecular flexibility index (Phi) is 7.28. The summed E-state index contributed by atoms with van der Waals surface area (Å²) in [4.78, 5) is 12.3. The third-order valence-corrected chi connectivity index (χ3v) is 4.37. The number of carbonyl (C=O) groups is 1. The Hall–Kier alpha value is -2.74. The summed E-state index contributed by atoms with van der Waals surface area (Å²) in [6.45, 7) is 0. The normalized spacial score (nSPS) is 10.6. The van der Waals surface area contributed by atoms with Gasteiger partial charge in [-0.3, -0.25) is 4.79 Å². The fraction of sp³-hybridized carbons (Fsp3) is 0.222. The van der Waals surface area contributed by atoms with Crippen molar-refractivity contribution in [3.05, 3.63) is 47.8 Å². The van der Waals surface area contributed by atoms with Crippen molar-refractivity contribution in [3.63, 3.8) is 0 Å². The summed E-state index contributed by atoms with van der Waals surface area (Å²) in [5, 5.41) is 3.91. The fourth-order valence-corrected chi connectivity index (χ4v) is 2.80. The average Bonchev–Trinajstić information content (AvgIpc) is 2.66. The highest BCUT2D eigenvalue weighted by Gasteiger charge is 2.11. The number of methoxy groups -OCH3 is 3. The molecule has 0 aromatic heterocycles. The van der Waals surface area contributed by atoms with Gasteiger partial charge in [0.2, 0.25) is 5.91 Å². The van der Waals surface area contributed by atoms with Gasteiger partial charge in [-0.05, 0) is 18.2 Å². The van der Waals surface area contributed by atoms with Gasteiger partial charge in [0.15, 0.2) is 11.5 Å². The molecule has 2 aromatic carbocycles. The van der Waals surface area contributed by atoms with Crippen molar-refractivity contribution in [1.82, 2.24) is 5.43 Å². The molecule has 0 spiro atoms. The number of nitrogens with zero attached hydrogens (tertiary/aromatic N) is 1. The van der Waals surface area contributed by atoms with Gasteiger partial charge in [-0.2, -0.15) is 5.10 Å². The van der Waals surface area contributed by atoms with Gasteiger partial charge < -0.3 is 14.2 Å². The van der Waals surface area contributed by atoms with E-state index in [1.54, 1.807) is 30.3 Å². The number of carbonyl (C=O) groups excluding carboxylic acids is 1. The Bertz CT molecular complexity index is 799. The first-order chi connectivity index (χ1) is 12.6. The van der Waals surface area contributed by atoms with E-state index in [2.05, 4.69) is 10.5 Å². The van der Waals surface area contributed by atoms with Gasteiger partial charge in [0.05, 0.1) is 33.3 Å². The second-order valence-electron chi connectivity index (χ2n) is 4.96. The molecule has 0 saturated heterocycles. The van der Waals surface area contributed by atoms with Crippen LogP contribution in [0.5, 0.6) is 17.2 Å². The summed E-state index contributed by atoms with van der Waals surface area (Å²) in [6, 6.07) is 9.62. The standard InChI is InChI=1S/C18H19FN2O4S/c1-23-14-9-16(25-3)15(24-2)8-12(14)10-20-21-18(22)11-26-17-7-5-4-6-13(17)19/h4-10H,11H2,1-3H3,(H,21,22). The molecule has 6 nitrogen and oxygen atoms in total. The van der Waals surface area contributed by atoms with E-state index in [1.807, 2.05) is 0 Å². The molecule has 26 heavy (non-hydrogen) atoms. The monoisotopic (exact) mass is 378 g/mol. The highest BCUT2D eigenvalue weighted by molar-refractivity contribution is 8.00. The van der Waals surface area contributed by atoms with Crippen LogP contribution in [0.25, 0.3) is 0 Å². The first kappa shape index (κ1) is 19.6. The number of hydrogen-bond acceptors (Lipinski definition) is 6. The van der Waals surface area contributed by atoms with Crippen LogP contribution in [-0.4, -0.2) is 39.2 Å². The fourth-order valence-electron chi connectivity index (χ4n) is 2.06. The Morgan fingerprint density at radius 2 is 1.77 bits per heavy atom. The Balaban J connectivity index is 1.99. The summed E-state index contributed by atoms with van der Waals surface area (Å²) in [5.41, 5.74) is 3.00. The molecule has 0 fully saturated rings. The van der Waals surface area contributed by atoms with Gasteiger partial charge in [-0.25, -0.2) is 9.82 Å². The lowest BCUT2D eigenvalue weighted by Gasteiger charge is -2.11. The van der Waals surface area contributed by atoms with Crippen LogP contribution >= 0.6 is 11.8 Å². The molecule has 0 aliphatic heterocycles. The van der Waals surface area contributed by atoms with E-state index in [9.17, 15) is 9.18 Å². The Labute approximate surface area is 155 Å². The lowest BCUT2D eigenvalue weighted by atomic mass is 10.2. The number of amides is 1. The van der Waals surface area contributed by atoms with Crippen molar-refractivity contribution >= 4 is 23.9 Å². The van der Waals surface area contributed by atoms with Crippen LogP contribution in [0.4, 0.5) is 4.39 Å². The number of benzene rings is 2. The van der Waals surface area contributed by atoms with Crippen molar-refractivity contribution in [2.45, 2.75) is 4.90 Å². The van der Waals surface area contributed by atoms with Crippen LogP contribution in [0.2, 0.25) is 0 Å². The number of nitrogens with one attached hydrogen (secondary N) is 1. The first-order valence-electron chi connectivity index (χ1n) is 7.58. The van der Waals surface area contributed by atoms with E-state index in [1.165, 1.54) is 33.6 Å². The Morgan fingerprint density at radius 3 is 2.42 bits per heavy atom. The zero-order valence-electron chi connectivity index (χ0n) is 14.6. The van der Waals surface area contributed by atoms with E-state index in [0.29, 0.717) is 27.7 Å². The van der Waals surface area contributed by atoms with Crippen LogP contribution in [0, 0.1) is 5.82 Å². The lowest BCUT2D eigenvalue weighted by Crippen LogP contribution is -2.19. The van der Waals surface area contributed by atoms with Crippen LogP contribution in [0.15, 0.2) is 46.4 Å². The minimum atomic E-state index is -0.358. The third-order valence-electron chi connectivity index (χ3n) is 3.32. The zero-order valence-corrected chi connectivity index (χ0v) is 15.4. The van der Waals surface area contributed by atoms with E-state index in [0.717, 1.165) is 11.8 Å². The number of rotatable bonds is 8. The number of halogens is 1. The maximum atomic E-state index is 13.5. The molecule has 0 unspecified atom stereocenters. The Morgan fingerprint density at radius 1 is 1.12 bits per heavy atom. The molecular weight excluding hydrogens is 359 g/mol. The smallest absolute Gasteiger partial charge is 0.250 e. The zero-order chi connectivity index (χ0) is 18.9. The van der Waals surface area contributed by atoms with Crippen molar-refractivity contribution in [2.24, 2.45) is 5.10 Å². The minimum absolute atomic E-state index is 0.0430. The molecule has 0 aliphatic carbocycles. The van der Waals surface area contributed by atoms with E-state index >= 15 is 0 Å². The van der Waals surface area contributed by atoms with Crippen molar-refractivity contribution in [2.75, 3.05) is 27.1 Å². The summed E-state index contributed by atoms with van der Waals surface area (Å²) < 4.78 is 29.2. The minimum Gasteiger partial charge on any atom is -0.496 e. The molecular formula is C18H19FN2O4S. The molecule has 1 amide bonds. The number of hydrogen-bond donors (Lipinski definition) is 1. The molecule has 138 valence electrons. The van der Waals surface area contributed by atoms with Gasteiger partial charge in [-0.15, -0.1) is 11.8 Å². The molecule has 0 bridgehead atoms. The summed E-state index contributed by atoms with van der Waals surface area (Å²) in [5.74, 6) is 0.878. The number of ether oxygens (including phenoxy) is 3. The maximum Gasteiger partial charge on any atom is 0.250 e. The van der Waals surface area contributed by atoms with Gasteiger partial charge in [0.1, 0.15) is 11.6 Å². The van der Waals surface area contributed by atoms with Crippen LogP contribution in [0.3, 0.4) is 0 Å². The molecule has 0 aliphatic rings. The quantitative estimate of drug-likeness (QED) is 0.434. The van der Waals surface area contributed by atoms with Crippen molar-refractivity contribution in [3.8, 4) is 17.2 Å². The van der Waals surface area contributed by atoms with Gasteiger partial charge in [0.25, 0.3) is 0 Å². The average molecular weight is 378 g/mol. The molecule has 1 N–H and O–H groups in total. The topological polar surface area (TPSA) is 69.2 Å². The highest BCUT2D eigenvalue weighted by atomic mass is 32.2. The number of hydrazone groups is 1. The second-order valence-corrected chi connectivity index (χ2v) is 5.98. The molecule has 0 saturated carbocycles. The number of thioether (sulfide) groups is 1. The van der Waals surface area contributed by atoms with Crippen LogP contribution < -0.4 is 19.6 Å².